The molecule has 3 N–H and O–H groups in total. The maximum Gasteiger partial charge on any atom is 0.273 e. The molecule has 16 heavy (non-hydrogen) atoms. The van der Waals surface area contributed by atoms with E-state index in [-0.39, 0.29) is 24.5 Å². The summed E-state index contributed by atoms with van der Waals surface area (Å²) in [6.07, 6.45) is 0. The van der Waals surface area contributed by atoms with Crippen molar-refractivity contribution in [2.75, 3.05) is 6.61 Å². The summed E-state index contributed by atoms with van der Waals surface area (Å²) in [7, 11) is 0. The van der Waals surface area contributed by atoms with Crippen LogP contribution in [0.15, 0.2) is 4.47 Å². The lowest BCUT2D eigenvalue weighted by Gasteiger charge is -2.09. The summed E-state index contributed by atoms with van der Waals surface area (Å²) in [5.74, 6) is -0.0322. The van der Waals surface area contributed by atoms with Crippen molar-refractivity contribution in [3.05, 3.63) is 15.9 Å². The highest BCUT2D eigenvalue weighted by atomic mass is 79.9. The van der Waals surface area contributed by atoms with Gasteiger partial charge < -0.3 is 10.4 Å². The third-order valence-corrected chi connectivity index (χ3v) is 2.98. The molecule has 5 nitrogen and oxygen atoms in total. The summed E-state index contributed by atoms with van der Waals surface area (Å²) < 4.78 is 0.685. The number of hydrogen-bond donors (Lipinski definition) is 3. The van der Waals surface area contributed by atoms with Gasteiger partial charge >= 0.3 is 0 Å². The molecule has 90 valence electrons. The standard InChI is InChI=1S/C10H16BrN3O2/c1-5(2)8-7(11)9(14-13-8)10(16)12-6(3)4-15/h5-6,15H,4H2,1-3H3,(H,12,16)(H,13,14). The molecule has 0 aliphatic rings. The van der Waals surface area contributed by atoms with E-state index in [0.717, 1.165) is 5.69 Å². The van der Waals surface area contributed by atoms with E-state index in [4.69, 9.17) is 5.11 Å². The molecule has 0 fully saturated rings. The molecule has 1 unspecified atom stereocenters. The number of hydrogen-bond acceptors (Lipinski definition) is 3. The molecule has 6 heteroatoms. The lowest BCUT2D eigenvalue weighted by atomic mass is 10.1. The van der Waals surface area contributed by atoms with Gasteiger partial charge in [-0.05, 0) is 28.8 Å². The van der Waals surface area contributed by atoms with Crippen LogP contribution in [0, 0.1) is 0 Å². The zero-order valence-electron chi connectivity index (χ0n) is 9.54. The average Bonchev–Trinajstić information content (AvgIpc) is 2.59. The summed E-state index contributed by atoms with van der Waals surface area (Å²) in [5.41, 5.74) is 1.21. The van der Waals surface area contributed by atoms with E-state index in [1.807, 2.05) is 13.8 Å². The number of aromatic amines is 1. The van der Waals surface area contributed by atoms with Crippen LogP contribution in [0.4, 0.5) is 0 Å². The average molecular weight is 290 g/mol. The van der Waals surface area contributed by atoms with E-state index in [1.54, 1.807) is 6.92 Å². The molecule has 1 aromatic heterocycles. The molecule has 1 heterocycles. The highest BCUT2D eigenvalue weighted by Gasteiger charge is 2.19. The first-order chi connectivity index (χ1) is 7.47. The van der Waals surface area contributed by atoms with Gasteiger partial charge in [0.1, 0.15) is 0 Å². The molecular weight excluding hydrogens is 274 g/mol. The predicted octanol–water partition coefficient (Wildman–Crippen LogP) is 1.41. The predicted molar refractivity (Wildman–Crippen MR) is 64.4 cm³/mol. The van der Waals surface area contributed by atoms with E-state index < -0.39 is 0 Å². The fourth-order valence-electron chi connectivity index (χ4n) is 1.21. The fraction of sp³-hybridized carbons (Fsp3) is 0.600. The maximum absolute atomic E-state index is 11.7. The highest BCUT2D eigenvalue weighted by Crippen LogP contribution is 2.25. The molecule has 0 saturated carbocycles. The molecule has 0 saturated heterocycles. The second kappa shape index (κ2) is 5.45. The number of aliphatic hydroxyl groups is 1. The molecule has 0 aromatic carbocycles. The molecule has 1 atom stereocenters. The fourth-order valence-corrected chi connectivity index (χ4v) is 2.03. The van der Waals surface area contributed by atoms with Gasteiger partial charge in [0.05, 0.1) is 16.8 Å². The number of halogens is 1. The molecule has 1 amide bonds. The van der Waals surface area contributed by atoms with Crippen LogP contribution in [-0.4, -0.2) is 33.9 Å². The number of carbonyl (C=O) groups excluding carboxylic acids is 1. The topological polar surface area (TPSA) is 78.0 Å². The van der Waals surface area contributed by atoms with Crippen LogP contribution >= 0.6 is 15.9 Å². The van der Waals surface area contributed by atoms with Crippen LogP contribution in [-0.2, 0) is 0 Å². The Labute approximate surface area is 103 Å². The van der Waals surface area contributed by atoms with Crippen LogP contribution in [0.1, 0.15) is 42.9 Å². The molecule has 0 radical (unpaired) electrons. The quantitative estimate of drug-likeness (QED) is 0.784. The van der Waals surface area contributed by atoms with E-state index in [0.29, 0.717) is 10.2 Å². The smallest absolute Gasteiger partial charge is 0.273 e. The van der Waals surface area contributed by atoms with Crippen molar-refractivity contribution >= 4 is 21.8 Å². The number of amides is 1. The Morgan fingerprint density at radius 2 is 2.19 bits per heavy atom. The van der Waals surface area contributed by atoms with Crippen molar-refractivity contribution in [1.82, 2.24) is 15.5 Å². The van der Waals surface area contributed by atoms with Crippen molar-refractivity contribution in [2.45, 2.75) is 32.7 Å². The molecule has 0 bridgehead atoms. The maximum atomic E-state index is 11.7. The first-order valence-corrected chi connectivity index (χ1v) is 5.92. The normalized spacial score (nSPS) is 12.9. The summed E-state index contributed by atoms with van der Waals surface area (Å²) >= 11 is 3.35. The summed E-state index contributed by atoms with van der Waals surface area (Å²) in [4.78, 5) is 11.7. The van der Waals surface area contributed by atoms with Gasteiger partial charge in [-0.25, -0.2) is 0 Å². The summed E-state index contributed by atoms with van der Waals surface area (Å²) in [6, 6.07) is -0.279. The number of aromatic nitrogens is 2. The van der Waals surface area contributed by atoms with Crippen LogP contribution in [0.5, 0.6) is 0 Å². The van der Waals surface area contributed by atoms with Crippen molar-refractivity contribution < 1.29 is 9.90 Å². The van der Waals surface area contributed by atoms with Crippen molar-refractivity contribution in [1.29, 1.82) is 0 Å². The lowest BCUT2D eigenvalue weighted by Crippen LogP contribution is -2.35. The Balaban J connectivity index is 2.85. The van der Waals surface area contributed by atoms with Gasteiger partial charge in [0.2, 0.25) is 0 Å². The number of H-pyrrole nitrogens is 1. The number of rotatable bonds is 4. The zero-order chi connectivity index (χ0) is 12.3. The Hall–Kier alpha value is -0.880. The van der Waals surface area contributed by atoms with E-state index in [9.17, 15) is 4.79 Å². The molecular formula is C10H16BrN3O2. The first-order valence-electron chi connectivity index (χ1n) is 5.12. The van der Waals surface area contributed by atoms with Gasteiger partial charge in [-0.15, -0.1) is 0 Å². The van der Waals surface area contributed by atoms with Gasteiger partial charge in [0.25, 0.3) is 5.91 Å². The summed E-state index contributed by atoms with van der Waals surface area (Å²) in [5, 5.41) is 18.3. The van der Waals surface area contributed by atoms with Crippen LogP contribution in [0.25, 0.3) is 0 Å². The molecule has 0 spiro atoms. The molecule has 1 aromatic rings. The lowest BCUT2D eigenvalue weighted by molar-refractivity contribution is 0.0916. The third kappa shape index (κ3) is 2.82. The Kier molecular flexibility index (Phi) is 4.49. The van der Waals surface area contributed by atoms with E-state index in [1.165, 1.54) is 0 Å². The van der Waals surface area contributed by atoms with Gasteiger partial charge in [0.15, 0.2) is 5.69 Å². The zero-order valence-corrected chi connectivity index (χ0v) is 11.1. The second-order valence-electron chi connectivity index (χ2n) is 4.01. The van der Waals surface area contributed by atoms with E-state index in [2.05, 4.69) is 31.4 Å². The second-order valence-corrected chi connectivity index (χ2v) is 4.80. The van der Waals surface area contributed by atoms with Crippen molar-refractivity contribution in [2.24, 2.45) is 0 Å². The SMILES string of the molecule is CC(CO)NC(=O)c1n[nH]c(C(C)C)c1Br. The number of carbonyl (C=O) groups is 1. The van der Waals surface area contributed by atoms with Gasteiger partial charge in [0, 0.05) is 6.04 Å². The summed E-state index contributed by atoms with van der Waals surface area (Å²) in [6.45, 7) is 5.65. The number of nitrogens with zero attached hydrogens (tertiary/aromatic N) is 1. The molecule has 0 aliphatic heterocycles. The van der Waals surface area contributed by atoms with E-state index >= 15 is 0 Å². The minimum Gasteiger partial charge on any atom is -0.394 e. The first kappa shape index (κ1) is 13.2. The van der Waals surface area contributed by atoms with Crippen LogP contribution < -0.4 is 5.32 Å². The number of nitrogens with one attached hydrogen (secondary N) is 2. The van der Waals surface area contributed by atoms with Gasteiger partial charge in [-0.2, -0.15) is 5.10 Å². The van der Waals surface area contributed by atoms with Crippen molar-refractivity contribution in [3.8, 4) is 0 Å². The minimum absolute atomic E-state index is 0.0924. The molecule has 1 rings (SSSR count). The number of aliphatic hydroxyl groups excluding tert-OH is 1. The van der Waals surface area contributed by atoms with Crippen LogP contribution in [0.2, 0.25) is 0 Å². The minimum atomic E-state index is -0.295. The Morgan fingerprint density at radius 1 is 1.56 bits per heavy atom. The highest BCUT2D eigenvalue weighted by molar-refractivity contribution is 9.10. The van der Waals surface area contributed by atoms with Crippen LogP contribution in [0.3, 0.4) is 0 Å². The van der Waals surface area contributed by atoms with Gasteiger partial charge in [-0.1, -0.05) is 13.8 Å². The third-order valence-electron chi connectivity index (χ3n) is 2.18. The van der Waals surface area contributed by atoms with Crippen molar-refractivity contribution in [3.63, 3.8) is 0 Å². The molecule has 0 aliphatic carbocycles. The largest absolute Gasteiger partial charge is 0.394 e. The Morgan fingerprint density at radius 3 is 2.62 bits per heavy atom. The van der Waals surface area contributed by atoms with Gasteiger partial charge in [-0.3, -0.25) is 9.89 Å². The monoisotopic (exact) mass is 289 g/mol. The Bertz CT molecular complexity index is 376.